The summed E-state index contributed by atoms with van der Waals surface area (Å²) in [4.78, 5) is 113. The molecule has 1 saturated carbocycles. The summed E-state index contributed by atoms with van der Waals surface area (Å²) in [7, 11) is 0. The van der Waals surface area contributed by atoms with Gasteiger partial charge in [0.2, 0.25) is 47.3 Å². The second-order valence-electron chi connectivity index (χ2n) is 14.9. The van der Waals surface area contributed by atoms with E-state index in [-0.39, 0.29) is 30.6 Å². The molecule has 1 aromatic rings. The first-order valence-corrected chi connectivity index (χ1v) is 19.2. The fraction of sp³-hybridized carbons (Fsp3) is 0.564. The fourth-order valence-electron chi connectivity index (χ4n) is 6.17. The predicted molar refractivity (Wildman–Crippen MR) is 208 cm³/mol. The highest BCUT2D eigenvalue weighted by atomic mass is 16.4. The van der Waals surface area contributed by atoms with Gasteiger partial charge in [0.05, 0.1) is 13.1 Å². The van der Waals surface area contributed by atoms with E-state index in [4.69, 9.17) is 5.73 Å². The van der Waals surface area contributed by atoms with E-state index in [1.165, 1.54) is 6.92 Å². The number of carboxylic acids is 1. The first-order valence-electron chi connectivity index (χ1n) is 19.2. The maximum atomic E-state index is 13.8. The summed E-state index contributed by atoms with van der Waals surface area (Å²) in [6.45, 7) is 7.50. The van der Waals surface area contributed by atoms with E-state index in [1.54, 1.807) is 44.2 Å². The third kappa shape index (κ3) is 17.7. The van der Waals surface area contributed by atoms with Crippen molar-refractivity contribution in [1.29, 1.82) is 0 Å². The largest absolute Gasteiger partial charge is 0.480 e. The molecule has 1 aliphatic carbocycles. The lowest BCUT2D eigenvalue weighted by Gasteiger charge is -2.32. The zero-order valence-corrected chi connectivity index (χ0v) is 33.2. The molecule has 0 aliphatic heterocycles. The lowest BCUT2D eigenvalue weighted by atomic mass is 9.83. The summed E-state index contributed by atoms with van der Waals surface area (Å²) in [5, 5.41) is 26.8. The van der Waals surface area contributed by atoms with Gasteiger partial charge in [-0.2, -0.15) is 0 Å². The van der Waals surface area contributed by atoms with Gasteiger partial charge in [-0.3, -0.25) is 38.4 Å². The third-order valence-electron chi connectivity index (χ3n) is 9.24. The molecule has 1 aromatic carbocycles. The van der Waals surface area contributed by atoms with Crippen LogP contribution in [0.2, 0.25) is 0 Å². The molecule has 2 rings (SSSR count). The number of hydrogen-bond acceptors (Lipinski definition) is 9. The molecule has 314 valence electrons. The number of carbonyl (C=O) groups excluding carboxylic acids is 8. The molecular weight excluding hydrogens is 740 g/mol. The molecule has 1 aliphatic rings. The van der Waals surface area contributed by atoms with Crippen molar-refractivity contribution in [3.8, 4) is 0 Å². The molecule has 10 N–H and O–H groups in total. The van der Waals surface area contributed by atoms with Crippen molar-refractivity contribution in [2.75, 3.05) is 13.1 Å². The number of nitrogens with two attached hydrogens (primary N) is 1. The number of carboxylic acid groups (broad SMARTS) is 1. The maximum absolute atomic E-state index is 13.8. The molecule has 18 nitrogen and oxygen atoms in total. The summed E-state index contributed by atoms with van der Waals surface area (Å²) in [5.41, 5.74) is 6.17. The van der Waals surface area contributed by atoms with E-state index >= 15 is 0 Å². The molecule has 0 unspecified atom stereocenters. The van der Waals surface area contributed by atoms with Gasteiger partial charge in [0.25, 0.3) is 0 Å². The van der Waals surface area contributed by atoms with Crippen LogP contribution < -0.4 is 43.0 Å². The van der Waals surface area contributed by atoms with Crippen molar-refractivity contribution >= 4 is 53.2 Å². The first kappa shape index (κ1) is 47.3. The molecule has 57 heavy (non-hydrogen) atoms. The van der Waals surface area contributed by atoms with E-state index in [9.17, 15) is 48.3 Å². The summed E-state index contributed by atoms with van der Waals surface area (Å²) in [6, 6.07) is 3.32. The molecule has 5 atom stereocenters. The van der Waals surface area contributed by atoms with Crippen molar-refractivity contribution in [2.24, 2.45) is 23.5 Å². The third-order valence-corrected chi connectivity index (χ3v) is 9.24. The standard InChI is InChI=1S/C39H58N8O10/c1-22(2)18-27(37(54)46-33(23(3)4)35(40)52)45-38(55)34(26-14-10-7-11-15-26)47-36(53)24(5)43-30(49)17-16-29(48)41-20-31(50)42-21-32(51)44-28(39(56)57)19-25-12-8-6-9-13-25/h6,8-9,12-13,16-17,22-24,26-28,33-34H,7,10-11,14-15,18-21H2,1-5H3,(H2,40,52)(H,41,48)(H,42,50)(H,43,49)(H,44,51)(H,45,55)(H,46,54)(H,47,53)(H,56,57)/b17-16+/t24-,27-,28-,33-,34-/m0/s1. The number of benzene rings is 1. The number of aliphatic carboxylic acids is 1. The quantitative estimate of drug-likeness (QED) is 0.0666. The van der Waals surface area contributed by atoms with Crippen molar-refractivity contribution in [3.05, 3.63) is 48.0 Å². The smallest absolute Gasteiger partial charge is 0.326 e. The molecule has 1 fully saturated rings. The van der Waals surface area contributed by atoms with Crippen LogP contribution in [-0.4, -0.2) is 102 Å². The SMILES string of the molecule is CC(C)C[C@H](NC(=O)[C@@H](NC(=O)[C@H](C)NC(=O)/C=C/C(=O)NCC(=O)NCC(=O)N[C@@H](Cc1ccccc1)C(=O)O)C1CCCCC1)C(=O)N[C@H](C(N)=O)C(C)C. The number of carbonyl (C=O) groups is 9. The van der Waals surface area contributed by atoms with Gasteiger partial charge >= 0.3 is 5.97 Å². The fourth-order valence-corrected chi connectivity index (χ4v) is 6.17. The van der Waals surface area contributed by atoms with Crippen LogP contribution in [0.4, 0.5) is 0 Å². The maximum Gasteiger partial charge on any atom is 0.326 e. The van der Waals surface area contributed by atoms with Gasteiger partial charge in [0.1, 0.15) is 30.2 Å². The monoisotopic (exact) mass is 798 g/mol. The van der Waals surface area contributed by atoms with Crippen LogP contribution in [0.5, 0.6) is 0 Å². The molecular formula is C39H58N8O10. The highest BCUT2D eigenvalue weighted by Crippen LogP contribution is 2.27. The van der Waals surface area contributed by atoms with Crippen LogP contribution in [0.1, 0.15) is 78.7 Å². The van der Waals surface area contributed by atoms with Crippen LogP contribution in [0, 0.1) is 17.8 Å². The van der Waals surface area contributed by atoms with Crippen molar-refractivity contribution < 1.29 is 48.3 Å². The number of hydrogen-bond donors (Lipinski definition) is 9. The molecule has 0 heterocycles. The Hall–Kier alpha value is -5.81. The van der Waals surface area contributed by atoms with Crippen molar-refractivity contribution in [2.45, 2.75) is 110 Å². The number of rotatable bonds is 22. The minimum atomic E-state index is -1.25. The van der Waals surface area contributed by atoms with Gasteiger partial charge in [-0.15, -0.1) is 0 Å². The van der Waals surface area contributed by atoms with Gasteiger partial charge in [0, 0.05) is 18.6 Å². The van der Waals surface area contributed by atoms with E-state index < -0.39 is 96.5 Å². The van der Waals surface area contributed by atoms with Crippen LogP contribution in [0.3, 0.4) is 0 Å². The lowest BCUT2D eigenvalue weighted by Crippen LogP contribution is -2.60. The Bertz CT molecular complexity index is 1610. The van der Waals surface area contributed by atoms with Crippen LogP contribution in [0.25, 0.3) is 0 Å². The Balaban J connectivity index is 1.92. The Morgan fingerprint density at radius 1 is 0.702 bits per heavy atom. The van der Waals surface area contributed by atoms with Crippen LogP contribution in [-0.2, 0) is 49.6 Å². The summed E-state index contributed by atoms with van der Waals surface area (Å²) in [5.74, 6) is -7.49. The molecule has 0 saturated heterocycles. The highest BCUT2D eigenvalue weighted by Gasteiger charge is 2.35. The Labute approximate surface area is 332 Å². The van der Waals surface area contributed by atoms with Gasteiger partial charge in [-0.05, 0) is 49.5 Å². The number of amides is 8. The van der Waals surface area contributed by atoms with Gasteiger partial charge < -0.3 is 48.1 Å². The van der Waals surface area contributed by atoms with Crippen LogP contribution >= 0.6 is 0 Å². The van der Waals surface area contributed by atoms with E-state index in [1.807, 2.05) is 13.8 Å². The summed E-state index contributed by atoms with van der Waals surface area (Å²) in [6.07, 6.45) is 5.93. The van der Waals surface area contributed by atoms with Gasteiger partial charge in [-0.25, -0.2) is 4.79 Å². The molecule has 0 aromatic heterocycles. The van der Waals surface area contributed by atoms with E-state index in [2.05, 4.69) is 37.2 Å². The normalized spacial score (nSPS) is 15.6. The molecule has 0 bridgehead atoms. The highest BCUT2D eigenvalue weighted by molar-refractivity contribution is 6.00. The van der Waals surface area contributed by atoms with E-state index in [0.717, 1.165) is 31.4 Å². The van der Waals surface area contributed by atoms with E-state index in [0.29, 0.717) is 18.4 Å². The van der Waals surface area contributed by atoms with Gasteiger partial charge in [-0.1, -0.05) is 77.3 Å². The minimum Gasteiger partial charge on any atom is -0.480 e. The topological polar surface area (TPSA) is 284 Å². The molecule has 18 heteroatoms. The van der Waals surface area contributed by atoms with Crippen molar-refractivity contribution in [1.82, 2.24) is 37.2 Å². The number of nitrogens with one attached hydrogen (secondary N) is 7. The predicted octanol–water partition coefficient (Wildman–Crippen LogP) is -0.686. The second kappa shape index (κ2) is 24.0. The lowest BCUT2D eigenvalue weighted by molar-refractivity contribution is -0.141. The second-order valence-corrected chi connectivity index (χ2v) is 14.9. The van der Waals surface area contributed by atoms with Crippen molar-refractivity contribution in [3.63, 3.8) is 0 Å². The zero-order chi connectivity index (χ0) is 42.7. The molecule has 8 amide bonds. The number of primary amides is 1. The Morgan fingerprint density at radius 3 is 1.89 bits per heavy atom. The zero-order valence-electron chi connectivity index (χ0n) is 33.2. The Kier molecular flexibility index (Phi) is 19.9. The summed E-state index contributed by atoms with van der Waals surface area (Å²) < 4.78 is 0. The minimum absolute atomic E-state index is 0.0126. The van der Waals surface area contributed by atoms with Crippen LogP contribution in [0.15, 0.2) is 42.5 Å². The first-order chi connectivity index (χ1) is 26.9. The average Bonchev–Trinajstić information content (AvgIpc) is 3.15. The molecule has 0 radical (unpaired) electrons. The van der Waals surface area contributed by atoms with Gasteiger partial charge in [0.15, 0.2) is 0 Å². The average molecular weight is 799 g/mol. The summed E-state index contributed by atoms with van der Waals surface area (Å²) >= 11 is 0. The molecule has 0 spiro atoms. The Morgan fingerprint density at radius 2 is 1.32 bits per heavy atom.